The molecule has 0 atom stereocenters. The Hall–Kier alpha value is -1.44. The van der Waals surface area contributed by atoms with Gasteiger partial charge in [-0.1, -0.05) is 96.1 Å². The molecular formula is C25H42O2. The van der Waals surface area contributed by atoms with E-state index in [0.717, 1.165) is 12.0 Å². The number of phenols is 2. The number of rotatable bonds is 16. The molecule has 154 valence electrons. The lowest BCUT2D eigenvalue weighted by Gasteiger charge is -2.05. The number of aromatic hydroxyl groups is 2. The molecule has 0 spiro atoms. The Labute approximate surface area is 167 Å². The Morgan fingerprint density at radius 3 is 1.74 bits per heavy atom. The molecule has 0 saturated carbocycles. The van der Waals surface area contributed by atoms with Gasteiger partial charge in [0.1, 0.15) is 11.5 Å². The quantitative estimate of drug-likeness (QED) is 0.175. The maximum absolute atomic E-state index is 9.90. The third-order valence-corrected chi connectivity index (χ3v) is 5.38. The first kappa shape index (κ1) is 23.6. The van der Waals surface area contributed by atoms with E-state index in [1.54, 1.807) is 19.1 Å². The van der Waals surface area contributed by atoms with Crippen LogP contribution in [0.4, 0.5) is 0 Å². The van der Waals surface area contributed by atoms with Crippen molar-refractivity contribution in [2.24, 2.45) is 0 Å². The van der Waals surface area contributed by atoms with E-state index >= 15 is 0 Å². The minimum absolute atomic E-state index is 0.257. The number of phenolic OH excluding ortho intramolecular Hbond substituents is 2. The number of benzene rings is 1. The average molecular weight is 375 g/mol. The lowest BCUT2D eigenvalue weighted by atomic mass is 10.0. The van der Waals surface area contributed by atoms with E-state index in [1.807, 2.05) is 0 Å². The molecule has 0 aliphatic carbocycles. The van der Waals surface area contributed by atoms with Gasteiger partial charge in [-0.05, 0) is 43.9 Å². The average Bonchev–Trinajstić information content (AvgIpc) is 2.65. The van der Waals surface area contributed by atoms with Crippen LogP contribution in [0.3, 0.4) is 0 Å². The van der Waals surface area contributed by atoms with Gasteiger partial charge in [-0.25, -0.2) is 0 Å². The molecule has 2 N–H and O–H groups in total. The molecule has 0 bridgehead atoms. The van der Waals surface area contributed by atoms with E-state index < -0.39 is 0 Å². The first-order chi connectivity index (χ1) is 13.1. The molecule has 0 unspecified atom stereocenters. The Morgan fingerprint density at radius 2 is 1.19 bits per heavy atom. The van der Waals surface area contributed by atoms with Crippen LogP contribution < -0.4 is 0 Å². The largest absolute Gasteiger partial charge is 0.508 e. The summed E-state index contributed by atoms with van der Waals surface area (Å²) in [6.07, 6.45) is 24.1. The third kappa shape index (κ3) is 11.8. The number of aryl methyl sites for hydroxylation is 1. The molecule has 1 aromatic rings. The van der Waals surface area contributed by atoms with Crippen molar-refractivity contribution in [1.82, 2.24) is 0 Å². The first-order valence-corrected chi connectivity index (χ1v) is 11.3. The summed E-state index contributed by atoms with van der Waals surface area (Å²) in [4.78, 5) is 0. The summed E-state index contributed by atoms with van der Waals surface area (Å²) in [5.74, 6) is 0.531. The molecule has 2 heteroatoms. The minimum atomic E-state index is 0.257. The molecule has 27 heavy (non-hydrogen) atoms. The summed E-state index contributed by atoms with van der Waals surface area (Å²) in [6.45, 7) is 4.07. The van der Waals surface area contributed by atoms with Gasteiger partial charge in [0.25, 0.3) is 0 Å². The van der Waals surface area contributed by atoms with Gasteiger partial charge >= 0.3 is 0 Å². The molecule has 1 rings (SSSR count). The van der Waals surface area contributed by atoms with E-state index in [2.05, 4.69) is 19.1 Å². The highest BCUT2D eigenvalue weighted by Gasteiger charge is 2.04. The van der Waals surface area contributed by atoms with E-state index in [-0.39, 0.29) is 11.5 Å². The van der Waals surface area contributed by atoms with Crippen LogP contribution >= 0.6 is 0 Å². The maximum atomic E-state index is 9.90. The number of hydrogen-bond acceptors (Lipinski definition) is 2. The first-order valence-electron chi connectivity index (χ1n) is 11.3. The molecule has 0 saturated heterocycles. The molecule has 2 nitrogen and oxygen atoms in total. The van der Waals surface area contributed by atoms with Crippen molar-refractivity contribution in [3.05, 3.63) is 35.4 Å². The lowest BCUT2D eigenvalue weighted by molar-refractivity contribution is 0.452. The van der Waals surface area contributed by atoms with Gasteiger partial charge in [-0.2, -0.15) is 0 Å². The van der Waals surface area contributed by atoms with Gasteiger partial charge < -0.3 is 10.2 Å². The summed E-state index contributed by atoms with van der Waals surface area (Å²) in [7, 11) is 0. The van der Waals surface area contributed by atoms with Crippen molar-refractivity contribution >= 4 is 0 Å². The Morgan fingerprint density at radius 1 is 0.667 bits per heavy atom. The zero-order valence-corrected chi connectivity index (χ0v) is 17.8. The van der Waals surface area contributed by atoms with E-state index in [9.17, 15) is 10.2 Å². The van der Waals surface area contributed by atoms with Gasteiger partial charge in [-0.15, -0.1) is 0 Å². The van der Waals surface area contributed by atoms with Crippen molar-refractivity contribution in [1.29, 1.82) is 0 Å². The van der Waals surface area contributed by atoms with Crippen LogP contribution in [0.2, 0.25) is 0 Å². The molecule has 0 amide bonds. The minimum Gasteiger partial charge on any atom is -0.508 e. The Balaban J connectivity index is 1.92. The van der Waals surface area contributed by atoms with Crippen LogP contribution in [0.15, 0.2) is 24.3 Å². The lowest BCUT2D eigenvalue weighted by Crippen LogP contribution is -1.85. The molecule has 0 fully saturated rings. The predicted molar refractivity (Wildman–Crippen MR) is 118 cm³/mol. The van der Waals surface area contributed by atoms with Crippen LogP contribution in [0.1, 0.15) is 108 Å². The number of unbranched alkanes of at least 4 members (excludes halogenated alkanes) is 13. The van der Waals surface area contributed by atoms with Gasteiger partial charge in [0, 0.05) is 5.56 Å². The number of hydrogen-bond donors (Lipinski definition) is 2. The van der Waals surface area contributed by atoms with Crippen LogP contribution in [-0.4, -0.2) is 10.2 Å². The summed E-state index contributed by atoms with van der Waals surface area (Å²) in [5.41, 5.74) is 1.51. The smallest absolute Gasteiger partial charge is 0.119 e. The molecule has 0 heterocycles. The van der Waals surface area contributed by atoms with E-state index in [1.165, 1.54) is 83.5 Å². The maximum Gasteiger partial charge on any atom is 0.119 e. The van der Waals surface area contributed by atoms with Crippen molar-refractivity contribution in [2.45, 2.75) is 110 Å². The topological polar surface area (TPSA) is 40.5 Å². The van der Waals surface area contributed by atoms with E-state index in [0.29, 0.717) is 12.0 Å². The van der Waals surface area contributed by atoms with Crippen LogP contribution in [0.25, 0.3) is 0 Å². The zero-order valence-electron chi connectivity index (χ0n) is 17.8. The fraction of sp³-hybridized carbons (Fsp3) is 0.680. The molecule has 0 aliphatic rings. The van der Waals surface area contributed by atoms with Gasteiger partial charge in [0.2, 0.25) is 0 Å². The second-order valence-electron chi connectivity index (χ2n) is 7.97. The third-order valence-electron chi connectivity index (χ3n) is 5.38. The van der Waals surface area contributed by atoms with Crippen LogP contribution in [0.5, 0.6) is 11.5 Å². The predicted octanol–water partition coefficient (Wildman–Crippen LogP) is 7.99. The molecule has 0 aliphatic heterocycles. The van der Waals surface area contributed by atoms with Gasteiger partial charge in [0.05, 0.1) is 0 Å². The van der Waals surface area contributed by atoms with Gasteiger partial charge in [0.15, 0.2) is 0 Å². The molecular weight excluding hydrogens is 332 g/mol. The Bertz CT molecular complexity index is 519. The zero-order chi connectivity index (χ0) is 19.7. The highest BCUT2D eigenvalue weighted by molar-refractivity contribution is 5.45. The normalized spacial score (nSPS) is 11.5. The Kier molecular flexibility index (Phi) is 13.6. The van der Waals surface area contributed by atoms with Crippen molar-refractivity contribution < 1.29 is 10.2 Å². The van der Waals surface area contributed by atoms with E-state index in [4.69, 9.17) is 0 Å². The van der Waals surface area contributed by atoms with Crippen molar-refractivity contribution in [3.8, 4) is 11.5 Å². The second kappa shape index (κ2) is 15.6. The monoisotopic (exact) mass is 374 g/mol. The highest BCUT2D eigenvalue weighted by Crippen LogP contribution is 2.27. The van der Waals surface area contributed by atoms with Crippen LogP contribution in [-0.2, 0) is 6.42 Å². The van der Waals surface area contributed by atoms with Crippen molar-refractivity contribution in [3.63, 3.8) is 0 Å². The SMILES string of the molecule is CCCCCCCCCCCCCCCC=CCc1cc(O)c(C)cc1O. The highest BCUT2D eigenvalue weighted by atomic mass is 16.3. The van der Waals surface area contributed by atoms with Gasteiger partial charge in [-0.3, -0.25) is 0 Å². The molecule has 0 radical (unpaired) electrons. The molecule has 0 aromatic heterocycles. The summed E-state index contributed by atoms with van der Waals surface area (Å²) < 4.78 is 0. The second-order valence-corrected chi connectivity index (χ2v) is 7.97. The standard InChI is InChI=1S/C25H42O2/c1-3-4-5-6-7-8-9-10-11-12-13-14-15-16-17-18-19-23-21-24(26)22(2)20-25(23)27/h17-18,20-21,26-27H,3-16,19H2,1-2H3. The summed E-state index contributed by atoms with van der Waals surface area (Å²) >= 11 is 0. The molecule has 1 aromatic carbocycles. The fourth-order valence-corrected chi connectivity index (χ4v) is 3.50. The number of allylic oxidation sites excluding steroid dienone is 2. The fourth-order valence-electron chi connectivity index (χ4n) is 3.50. The summed E-state index contributed by atoms with van der Waals surface area (Å²) in [6, 6.07) is 3.30. The van der Waals surface area contributed by atoms with Crippen molar-refractivity contribution in [2.75, 3.05) is 0 Å². The van der Waals surface area contributed by atoms with Crippen LogP contribution in [0, 0.1) is 6.92 Å². The summed E-state index contributed by atoms with van der Waals surface area (Å²) in [5, 5.41) is 19.6.